The van der Waals surface area contributed by atoms with Gasteiger partial charge in [0.1, 0.15) is 0 Å². The highest BCUT2D eigenvalue weighted by Gasteiger charge is 2.09. The molecule has 0 radical (unpaired) electrons. The summed E-state index contributed by atoms with van der Waals surface area (Å²) in [5.74, 6) is -0.170. The molecule has 0 saturated carbocycles. The molecule has 4 rings (SSSR count). The normalized spacial score (nSPS) is 11.0. The predicted octanol–water partition coefficient (Wildman–Crippen LogP) is 4.21. The predicted molar refractivity (Wildman–Crippen MR) is 98.9 cm³/mol. The zero-order valence-electron chi connectivity index (χ0n) is 12.7. The van der Waals surface area contributed by atoms with Crippen LogP contribution in [0.25, 0.3) is 21.3 Å². The van der Waals surface area contributed by atoms with Gasteiger partial charge in [0.15, 0.2) is 4.34 Å². The highest BCUT2D eigenvalue weighted by atomic mass is 32.2. The van der Waals surface area contributed by atoms with Crippen molar-refractivity contribution in [1.29, 1.82) is 0 Å². The Labute approximate surface area is 146 Å². The molecule has 0 aliphatic heterocycles. The number of nitrogens with zero attached hydrogens (tertiary/aromatic N) is 3. The number of rotatable bonds is 3. The minimum atomic E-state index is -0.170. The van der Waals surface area contributed by atoms with E-state index >= 15 is 0 Å². The second kappa shape index (κ2) is 6.18. The van der Waals surface area contributed by atoms with Crippen LogP contribution in [0.1, 0.15) is 10.4 Å². The number of anilines is 1. The molecular formula is C17H12N4OS2. The lowest BCUT2D eigenvalue weighted by molar-refractivity contribution is 0.102. The van der Waals surface area contributed by atoms with E-state index in [2.05, 4.69) is 20.3 Å². The van der Waals surface area contributed by atoms with E-state index in [1.807, 2.05) is 24.5 Å². The van der Waals surface area contributed by atoms with Crippen LogP contribution in [0.5, 0.6) is 0 Å². The van der Waals surface area contributed by atoms with Gasteiger partial charge in [-0.15, -0.1) is 11.3 Å². The molecule has 0 atom stereocenters. The van der Waals surface area contributed by atoms with Crippen molar-refractivity contribution in [1.82, 2.24) is 15.0 Å². The van der Waals surface area contributed by atoms with Crippen LogP contribution in [0.4, 0.5) is 5.69 Å². The van der Waals surface area contributed by atoms with Crippen molar-refractivity contribution >= 4 is 55.9 Å². The van der Waals surface area contributed by atoms with Gasteiger partial charge in [-0.25, -0.2) is 4.98 Å². The highest BCUT2D eigenvalue weighted by molar-refractivity contribution is 8.00. The van der Waals surface area contributed by atoms with Gasteiger partial charge in [-0.2, -0.15) is 0 Å². The van der Waals surface area contributed by atoms with E-state index in [4.69, 9.17) is 0 Å². The van der Waals surface area contributed by atoms with E-state index in [0.29, 0.717) is 11.1 Å². The first-order chi connectivity index (χ1) is 11.7. The molecule has 5 nitrogen and oxygen atoms in total. The molecular weight excluding hydrogens is 340 g/mol. The fourth-order valence-electron chi connectivity index (χ4n) is 2.38. The number of aromatic nitrogens is 3. The van der Waals surface area contributed by atoms with Gasteiger partial charge in [0, 0.05) is 23.6 Å². The van der Waals surface area contributed by atoms with Gasteiger partial charge >= 0.3 is 0 Å². The van der Waals surface area contributed by atoms with Gasteiger partial charge in [0.25, 0.3) is 5.91 Å². The maximum absolute atomic E-state index is 12.5. The Morgan fingerprint density at radius 1 is 1.04 bits per heavy atom. The van der Waals surface area contributed by atoms with Crippen molar-refractivity contribution in [2.75, 3.05) is 11.6 Å². The fraction of sp³-hybridized carbons (Fsp3) is 0.0588. The quantitative estimate of drug-likeness (QED) is 0.559. The Morgan fingerprint density at radius 3 is 2.67 bits per heavy atom. The van der Waals surface area contributed by atoms with Crippen LogP contribution in [0.15, 0.2) is 53.1 Å². The van der Waals surface area contributed by atoms with E-state index in [1.54, 1.807) is 53.7 Å². The Balaban J connectivity index is 1.62. The second-order valence-corrected chi connectivity index (χ2v) is 7.16. The lowest BCUT2D eigenvalue weighted by atomic mass is 10.1. The van der Waals surface area contributed by atoms with Gasteiger partial charge in [0.2, 0.25) is 0 Å². The highest BCUT2D eigenvalue weighted by Crippen LogP contribution is 2.30. The van der Waals surface area contributed by atoms with Crippen molar-refractivity contribution in [3.05, 3.63) is 54.4 Å². The number of hydrogen-bond donors (Lipinski definition) is 1. The molecule has 0 unspecified atom stereocenters. The van der Waals surface area contributed by atoms with Crippen molar-refractivity contribution in [3.8, 4) is 0 Å². The molecule has 0 saturated heterocycles. The van der Waals surface area contributed by atoms with Gasteiger partial charge < -0.3 is 5.32 Å². The third-order valence-electron chi connectivity index (χ3n) is 3.53. The molecule has 7 heteroatoms. The van der Waals surface area contributed by atoms with Crippen molar-refractivity contribution in [3.63, 3.8) is 0 Å². The first-order valence-electron chi connectivity index (χ1n) is 7.19. The van der Waals surface area contributed by atoms with E-state index in [9.17, 15) is 4.79 Å². The summed E-state index contributed by atoms with van der Waals surface area (Å²) in [6.07, 6.45) is 5.25. The zero-order valence-corrected chi connectivity index (χ0v) is 14.3. The number of thiazole rings is 1. The van der Waals surface area contributed by atoms with Crippen LogP contribution in [0, 0.1) is 0 Å². The number of hydrogen-bond acceptors (Lipinski definition) is 6. The molecule has 0 aliphatic carbocycles. The third-order valence-corrected chi connectivity index (χ3v) is 5.54. The van der Waals surface area contributed by atoms with E-state index < -0.39 is 0 Å². The topological polar surface area (TPSA) is 67.8 Å². The first kappa shape index (κ1) is 15.0. The number of nitrogens with one attached hydrogen (secondary N) is 1. The SMILES string of the molecule is CSc1nc2ccc(NC(=O)c3ccc4nccnc4c3)cc2s1. The number of carbonyl (C=O) groups excluding carboxylic acids is 1. The molecule has 0 aliphatic rings. The summed E-state index contributed by atoms with van der Waals surface area (Å²) in [4.78, 5) is 25.4. The Hall–Kier alpha value is -2.51. The fourth-order valence-corrected chi connectivity index (χ4v) is 3.90. The summed E-state index contributed by atoms with van der Waals surface area (Å²) < 4.78 is 2.07. The molecule has 0 spiro atoms. The molecule has 2 aromatic heterocycles. The standard InChI is InChI=1S/C17H12N4OS2/c1-23-17-21-13-5-3-11(9-15(13)24-17)20-16(22)10-2-4-12-14(8-10)19-7-6-18-12/h2-9H,1H3,(H,20,22). The molecule has 2 heterocycles. The lowest BCUT2D eigenvalue weighted by Crippen LogP contribution is -2.11. The zero-order chi connectivity index (χ0) is 16.5. The summed E-state index contributed by atoms with van der Waals surface area (Å²) in [6, 6.07) is 11.0. The maximum atomic E-state index is 12.5. The monoisotopic (exact) mass is 352 g/mol. The summed E-state index contributed by atoms with van der Waals surface area (Å²) in [7, 11) is 0. The van der Waals surface area contributed by atoms with Gasteiger partial charge in [-0.1, -0.05) is 11.8 Å². The van der Waals surface area contributed by atoms with Crippen LogP contribution >= 0.6 is 23.1 Å². The molecule has 4 aromatic rings. The van der Waals surface area contributed by atoms with Gasteiger partial charge in [-0.3, -0.25) is 14.8 Å². The first-order valence-corrected chi connectivity index (χ1v) is 9.24. The molecule has 2 aromatic carbocycles. The molecule has 118 valence electrons. The average Bonchev–Trinajstić information content (AvgIpc) is 3.03. The van der Waals surface area contributed by atoms with Crippen LogP contribution in [0.3, 0.4) is 0 Å². The summed E-state index contributed by atoms with van der Waals surface area (Å²) in [6.45, 7) is 0. The number of benzene rings is 2. The minimum absolute atomic E-state index is 0.170. The Morgan fingerprint density at radius 2 is 1.83 bits per heavy atom. The maximum Gasteiger partial charge on any atom is 0.255 e. The molecule has 1 amide bonds. The van der Waals surface area contributed by atoms with Crippen LogP contribution in [-0.2, 0) is 0 Å². The van der Waals surface area contributed by atoms with Crippen LogP contribution < -0.4 is 5.32 Å². The molecule has 24 heavy (non-hydrogen) atoms. The number of fused-ring (bicyclic) bond motifs is 2. The van der Waals surface area contributed by atoms with E-state index in [1.165, 1.54) is 0 Å². The third kappa shape index (κ3) is 2.83. The van der Waals surface area contributed by atoms with E-state index in [-0.39, 0.29) is 5.91 Å². The number of carbonyl (C=O) groups is 1. The Kier molecular flexibility index (Phi) is 3.87. The summed E-state index contributed by atoms with van der Waals surface area (Å²) >= 11 is 3.24. The molecule has 0 bridgehead atoms. The number of amides is 1. The molecule has 1 N–H and O–H groups in total. The van der Waals surface area contributed by atoms with Gasteiger partial charge in [-0.05, 0) is 42.7 Å². The van der Waals surface area contributed by atoms with Crippen LogP contribution in [-0.4, -0.2) is 27.1 Å². The van der Waals surface area contributed by atoms with Crippen molar-refractivity contribution < 1.29 is 4.79 Å². The van der Waals surface area contributed by atoms with Crippen LogP contribution in [0.2, 0.25) is 0 Å². The largest absolute Gasteiger partial charge is 0.322 e. The van der Waals surface area contributed by atoms with Crippen molar-refractivity contribution in [2.24, 2.45) is 0 Å². The summed E-state index contributed by atoms with van der Waals surface area (Å²) in [5, 5.41) is 2.93. The minimum Gasteiger partial charge on any atom is -0.322 e. The lowest BCUT2D eigenvalue weighted by Gasteiger charge is -2.06. The second-order valence-electron chi connectivity index (χ2n) is 5.08. The average molecular weight is 352 g/mol. The van der Waals surface area contributed by atoms with Gasteiger partial charge in [0.05, 0.1) is 21.3 Å². The number of thioether (sulfide) groups is 1. The Bertz CT molecular complexity index is 1060. The molecule has 0 fully saturated rings. The van der Waals surface area contributed by atoms with Crippen molar-refractivity contribution in [2.45, 2.75) is 4.34 Å². The smallest absolute Gasteiger partial charge is 0.255 e. The summed E-state index contributed by atoms with van der Waals surface area (Å²) in [5.41, 5.74) is 3.72. The van der Waals surface area contributed by atoms with E-state index in [0.717, 1.165) is 25.8 Å².